The third-order valence-electron chi connectivity index (χ3n) is 3.09. The van der Waals surface area contributed by atoms with Gasteiger partial charge in [0.2, 0.25) is 11.7 Å². The van der Waals surface area contributed by atoms with E-state index in [2.05, 4.69) is 24.9 Å². The van der Waals surface area contributed by atoms with Crippen LogP contribution in [0.15, 0.2) is 39.5 Å². The first-order valence-corrected chi connectivity index (χ1v) is 7.52. The Labute approximate surface area is 132 Å². The van der Waals surface area contributed by atoms with E-state index in [9.17, 15) is 8.78 Å². The van der Waals surface area contributed by atoms with Crippen LogP contribution in [0.5, 0.6) is 11.5 Å². The smallest absolute Gasteiger partial charge is 0.395 e. The van der Waals surface area contributed by atoms with E-state index >= 15 is 0 Å². The molecule has 0 fully saturated rings. The molecule has 0 amide bonds. The minimum absolute atomic E-state index is 0.00177. The molecule has 0 unspecified atom stereocenters. The molecule has 0 bridgehead atoms. The molecule has 0 atom stereocenters. The molecule has 2 aromatic heterocycles. The molecule has 1 aliphatic heterocycles. The van der Waals surface area contributed by atoms with Crippen LogP contribution in [0.2, 0.25) is 0 Å². The number of ether oxygens (including phenoxy) is 2. The van der Waals surface area contributed by atoms with Gasteiger partial charge in [0.25, 0.3) is 0 Å². The number of hydrogen-bond donors (Lipinski definition) is 1. The molecule has 3 heterocycles. The average Bonchev–Trinajstić information content (AvgIpc) is 3.22. The maximum atomic E-state index is 13.0. The van der Waals surface area contributed by atoms with Crippen molar-refractivity contribution in [3.63, 3.8) is 0 Å². The number of hydrogen-bond acceptors (Lipinski definition) is 7. The zero-order valence-corrected chi connectivity index (χ0v) is 12.3. The van der Waals surface area contributed by atoms with E-state index in [1.54, 1.807) is 17.4 Å². The van der Waals surface area contributed by atoms with Crippen LogP contribution >= 0.6 is 11.3 Å². The molecule has 0 aliphatic carbocycles. The first-order chi connectivity index (χ1) is 11.1. The van der Waals surface area contributed by atoms with Gasteiger partial charge in [0.15, 0.2) is 11.5 Å². The number of fused-ring (bicyclic) bond motifs is 1. The lowest BCUT2D eigenvalue weighted by Gasteiger charge is -2.04. The quantitative estimate of drug-likeness (QED) is 0.782. The molecule has 0 saturated carbocycles. The number of anilines is 1. The summed E-state index contributed by atoms with van der Waals surface area (Å²) in [6.45, 7) is 0.257. The number of thiophene rings is 1. The summed E-state index contributed by atoms with van der Waals surface area (Å²) in [6.07, 6.45) is -3.62. The van der Waals surface area contributed by atoms with Crippen molar-refractivity contribution in [2.75, 3.05) is 5.32 Å². The number of nitrogens with one attached hydrogen (secondary N) is 1. The molecular weight excluding hydrogens is 328 g/mol. The van der Waals surface area contributed by atoms with E-state index in [4.69, 9.17) is 4.52 Å². The van der Waals surface area contributed by atoms with Gasteiger partial charge in [-0.25, -0.2) is 0 Å². The summed E-state index contributed by atoms with van der Waals surface area (Å²) in [4.78, 5) is 4.25. The van der Waals surface area contributed by atoms with Crippen molar-refractivity contribution in [3.8, 4) is 22.9 Å². The van der Waals surface area contributed by atoms with E-state index in [1.807, 2.05) is 16.8 Å². The second-order valence-electron chi connectivity index (χ2n) is 4.71. The molecule has 1 aliphatic rings. The van der Waals surface area contributed by atoms with E-state index in [-0.39, 0.29) is 18.0 Å². The number of alkyl halides is 2. The van der Waals surface area contributed by atoms with E-state index in [0.29, 0.717) is 17.4 Å². The van der Waals surface area contributed by atoms with E-state index in [0.717, 1.165) is 5.56 Å². The van der Waals surface area contributed by atoms with Crippen molar-refractivity contribution >= 4 is 17.0 Å². The summed E-state index contributed by atoms with van der Waals surface area (Å²) in [5.74, 6) is 0.866. The molecule has 9 heteroatoms. The van der Waals surface area contributed by atoms with Gasteiger partial charge in [-0.15, -0.1) is 8.78 Å². The fourth-order valence-corrected chi connectivity index (χ4v) is 2.71. The lowest BCUT2D eigenvalue weighted by molar-refractivity contribution is -0.286. The van der Waals surface area contributed by atoms with Crippen molar-refractivity contribution in [1.29, 1.82) is 0 Å². The number of halogens is 2. The molecule has 4 rings (SSSR count). The molecule has 3 aromatic rings. The fraction of sp³-hybridized carbons (Fsp3) is 0.143. The summed E-state index contributed by atoms with van der Waals surface area (Å²) in [5, 5.41) is 10.7. The van der Waals surface area contributed by atoms with Crippen molar-refractivity contribution in [1.82, 2.24) is 10.1 Å². The standard InChI is InChI=1S/C14H9F2N3O3S/c15-14(16)20-10-2-1-9(5-11(10)21-14)17-6-12-18-13(19-22-12)8-3-4-23-7-8/h1-5,7,17H,6H2. The van der Waals surface area contributed by atoms with Gasteiger partial charge in [0.05, 0.1) is 6.54 Å². The Morgan fingerprint density at radius 1 is 1.17 bits per heavy atom. The zero-order valence-electron chi connectivity index (χ0n) is 11.5. The van der Waals surface area contributed by atoms with Crippen LogP contribution in [-0.2, 0) is 6.54 Å². The third kappa shape index (κ3) is 2.82. The Balaban J connectivity index is 1.44. The van der Waals surface area contributed by atoms with Crippen LogP contribution in [0.25, 0.3) is 11.4 Å². The maximum absolute atomic E-state index is 13.0. The van der Waals surface area contributed by atoms with Crippen LogP contribution in [0.1, 0.15) is 5.89 Å². The van der Waals surface area contributed by atoms with Crippen molar-refractivity contribution in [2.45, 2.75) is 12.8 Å². The molecule has 6 nitrogen and oxygen atoms in total. The predicted molar refractivity (Wildman–Crippen MR) is 77.6 cm³/mol. The molecular formula is C14H9F2N3O3S. The summed E-state index contributed by atoms with van der Waals surface area (Å²) >= 11 is 1.54. The van der Waals surface area contributed by atoms with Crippen LogP contribution < -0.4 is 14.8 Å². The Morgan fingerprint density at radius 3 is 2.87 bits per heavy atom. The van der Waals surface area contributed by atoms with Crippen LogP contribution in [-0.4, -0.2) is 16.4 Å². The average molecular weight is 337 g/mol. The zero-order chi connectivity index (χ0) is 15.9. The minimum Gasteiger partial charge on any atom is -0.395 e. The van der Waals surface area contributed by atoms with Gasteiger partial charge in [-0.05, 0) is 23.6 Å². The summed E-state index contributed by atoms with van der Waals surface area (Å²) in [6, 6.07) is 6.32. The maximum Gasteiger partial charge on any atom is 0.586 e. The number of aromatic nitrogens is 2. The van der Waals surface area contributed by atoms with Gasteiger partial charge in [0, 0.05) is 22.7 Å². The normalized spacial score (nSPS) is 14.9. The van der Waals surface area contributed by atoms with Gasteiger partial charge in [-0.3, -0.25) is 0 Å². The largest absolute Gasteiger partial charge is 0.586 e. The second kappa shape index (κ2) is 5.20. The first kappa shape index (κ1) is 13.9. The Kier molecular flexibility index (Phi) is 3.15. The highest BCUT2D eigenvalue weighted by molar-refractivity contribution is 7.08. The SMILES string of the molecule is FC1(F)Oc2ccc(NCc3nc(-c4ccsc4)no3)cc2O1. The molecule has 0 spiro atoms. The summed E-state index contributed by atoms with van der Waals surface area (Å²) < 4.78 is 39.8. The van der Waals surface area contributed by atoms with Gasteiger partial charge >= 0.3 is 6.29 Å². The van der Waals surface area contributed by atoms with Gasteiger partial charge in [0.1, 0.15) is 0 Å². The highest BCUT2D eigenvalue weighted by atomic mass is 32.1. The third-order valence-corrected chi connectivity index (χ3v) is 3.78. The van der Waals surface area contributed by atoms with Crippen molar-refractivity contribution < 1.29 is 22.8 Å². The lowest BCUT2D eigenvalue weighted by atomic mass is 10.3. The van der Waals surface area contributed by atoms with Crippen molar-refractivity contribution in [2.24, 2.45) is 0 Å². The highest BCUT2D eigenvalue weighted by Crippen LogP contribution is 2.42. The van der Waals surface area contributed by atoms with Crippen LogP contribution in [0, 0.1) is 0 Å². The molecule has 0 saturated heterocycles. The topological polar surface area (TPSA) is 69.4 Å². The molecule has 0 radical (unpaired) electrons. The number of rotatable bonds is 4. The van der Waals surface area contributed by atoms with E-state index < -0.39 is 6.29 Å². The summed E-state index contributed by atoms with van der Waals surface area (Å²) in [7, 11) is 0. The Bertz CT molecular complexity index is 836. The lowest BCUT2D eigenvalue weighted by Crippen LogP contribution is -2.25. The van der Waals surface area contributed by atoms with E-state index in [1.165, 1.54) is 12.1 Å². The van der Waals surface area contributed by atoms with Crippen LogP contribution in [0.4, 0.5) is 14.5 Å². The van der Waals surface area contributed by atoms with Gasteiger partial charge in [-0.1, -0.05) is 5.16 Å². The Hall–Kier alpha value is -2.68. The number of nitrogens with zero attached hydrogens (tertiary/aromatic N) is 2. The predicted octanol–water partition coefficient (Wildman–Crippen LogP) is 3.73. The summed E-state index contributed by atoms with van der Waals surface area (Å²) in [5.41, 5.74) is 1.45. The fourth-order valence-electron chi connectivity index (χ4n) is 2.07. The minimum atomic E-state index is -3.62. The van der Waals surface area contributed by atoms with Gasteiger partial charge in [-0.2, -0.15) is 16.3 Å². The molecule has 118 valence electrons. The molecule has 1 aromatic carbocycles. The van der Waals surface area contributed by atoms with Gasteiger partial charge < -0.3 is 19.3 Å². The first-order valence-electron chi connectivity index (χ1n) is 6.58. The monoisotopic (exact) mass is 337 g/mol. The number of benzene rings is 1. The van der Waals surface area contributed by atoms with Crippen LogP contribution in [0.3, 0.4) is 0 Å². The van der Waals surface area contributed by atoms with Crippen molar-refractivity contribution in [3.05, 3.63) is 40.9 Å². The molecule has 23 heavy (non-hydrogen) atoms. The molecule has 1 N–H and O–H groups in total. The Morgan fingerprint density at radius 2 is 2.04 bits per heavy atom. The second-order valence-corrected chi connectivity index (χ2v) is 5.49. The highest BCUT2D eigenvalue weighted by Gasteiger charge is 2.43.